The van der Waals surface area contributed by atoms with E-state index in [1.165, 1.54) is 0 Å². The summed E-state index contributed by atoms with van der Waals surface area (Å²) in [6.07, 6.45) is 0. The van der Waals surface area contributed by atoms with Crippen LogP contribution in [0, 0.1) is 0 Å². The van der Waals surface area contributed by atoms with Crippen LogP contribution in [-0.2, 0) is 21.7 Å². The fraction of sp³-hybridized carbons (Fsp3) is 0.0656. The van der Waals surface area contributed by atoms with Gasteiger partial charge in [-0.1, -0.05) is 212 Å². The molecular weight excluding hydrogens is 775 g/mol. The van der Waals surface area contributed by atoms with Crippen LogP contribution in [0.3, 0.4) is 0 Å². The standard InChI is InChI=1S/C61H41N3/c1-5-19-42(20-6-1)58-46-27-13-29-48(39-46)59(43-21-7-2-8-22-43)50-31-15-32-51(41-50)60(44-23-9-3-10-24-44,49-30-14-28-47(58)40-49)54-35-18-38-57(64-54)61(45-25-11-4-12-26-45,55-36-16-33-52(58)62-55)56-37-17-34-53(59)63-56/h1-41H. The molecule has 0 spiro atoms. The molecule has 10 aromatic rings. The van der Waals surface area contributed by atoms with Gasteiger partial charge in [-0.2, -0.15) is 0 Å². The zero-order chi connectivity index (χ0) is 42.4. The highest BCUT2D eigenvalue weighted by Gasteiger charge is 2.52. The third-order valence-electron chi connectivity index (χ3n) is 14.6. The smallest absolute Gasteiger partial charge is 0.121 e. The van der Waals surface area contributed by atoms with E-state index in [-0.39, 0.29) is 0 Å². The second-order valence-corrected chi connectivity index (χ2v) is 17.4. The Morgan fingerprint density at radius 1 is 0.172 bits per heavy atom. The van der Waals surface area contributed by atoms with E-state index in [4.69, 9.17) is 15.0 Å². The summed E-state index contributed by atoms with van der Waals surface area (Å²) in [5.41, 5.74) is 12.8. The van der Waals surface area contributed by atoms with Crippen LogP contribution < -0.4 is 0 Å². The van der Waals surface area contributed by atoms with Gasteiger partial charge in [-0.05, 0) is 92.0 Å². The molecule has 0 radical (unpaired) electrons. The molecule has 0 saturated carbocycles. The van der Waals surface area contributed by atoms with Crippen molar-refractivity contribution in [3.8, 4) is 0 Å². The average molecular weight is 816 g/mol. The molecular formula is C61H41N3. The van der Waals surface area contributed by atoms with Crippen molar-refractivity contribution in [2.75, 3.05) is 0 Å². The molecule has 3 nitrogen and oxygen atoms in total. The lowest BCUT2D eigenvalue weighted by atomic mass is 9.59. The number of hydrogen-bond acceptors (Lipinski definition) is 3. The van der Waals surface area contributed by atoms with Crippen molar-refractivity contribution in [2.24, 2.45) is 0 Å². The Hall–Kier alpha value is -8.01. The zero-order valence-corrected chi connectivity index (χ0v) is 35.0. The quantitative estimate of drug-likeness (QED) is 0.178. The summed E-state index contributed by atoms with van der Waals surface area (Å²) >= 11 is 0. The number of rotatable bonds is 4. The molecule has 1 aliphatic carbocycles. The van der Waals surface area contributed by atoms with Crippen molar-refractivity contribution in [2.45, 2.75) is 21.7 Å². The van der Waals surface area contributed by atoms with E-state index in [2.05, 4.69) is 249 Å². The second kappa shape index (κ2) is 13.7. The third kappa shape index (κ3) is 4.68. The van der Waals surface area contributed by atoms with Gasteiger partial charge in [0.2, 0.25) is 0 Å². The van der Waals surface area contributed by atoms with E-state index in [0.29, 0.717) is 0 Å². The summed E-state index contributed by atoms with van der Waals surface area (Å²) in [5, 5.41) is 0. The van der Waals surface area contributed by atoms with Crippen molar-refractivity contribution >= 4 is 0 Å². The Morgan fingerprint density at radius 2 is 0.359 bits per heavy atom. The SMILES string of the molecule is c1ccc(C23c4cccc(c4)C4(c5ccccc5)c5cccc(c5)C(c5ccccc5)(c5cccc2c5)c2cccc(n2)C(c2ccccc2)(c2cccc3n2)c2cccc4n2)cc1. The predicted molar refractivity (Wildman–Crippen MR) is 254 cm³/mol. The van der Waals surface area contributed by atoms with Gasteiger partial charge in [0.25, 0.3) is 0 Å². The average Bonchev–Trinajstić information content (AvgIpc) is 3.37. The van der Waals surface area contributed by atoms with Crippen LogP contribution in [0.5, 0.6) is 0 Å². The summed E-state index contributed by atoms with van der Waals surface area (Å²) in [7, 11) is 0. The first-order valence-electron chi connectivity index (χ1n) is 22.2. The fourth-order valence-corrected chi connectivity index (χ4v) is 11.9. The topological polar surface area (TPSA) is 38.7 Å². The molecule has 0 unspecified atom stereocenters. The molecule has 0 amide bonds. The first-order valence-corrected chi connectivity index (χ1v) is 22.2. The van der Waals surface area contributed by atoms with Crippen LogP contribution in [0.25, 0.3) is 0 Å². The van der Waals surface area contributed by atoms with Crippen molar-refractivity contribution in [3.63, 3.8) is 0 Å². The van der Waals surface area contributed by atoms with Crippen molar-refractivity contribution < 1.29 is 0 Å². The van der Waals surface area contributed by atoms with Gasteiger partial charge in [0, 0.05) is 0 Å². The number of aromatic nitrogens is 3. The van der Waals surface area contributed by atoms with E-state index in [1.54, 1.807) is 0 Å². The molecule has 64 heavy (non-hydrogen) atoms. The highest BCUT2D eigenvalue weighted by Crippen LogP contribution is 2.56. The molecule has 0 saturated heterocycles. The molecule has 0 fully saturated rings. The Balaban J connectivity index is 1.40. The van der Waals surface area contributed by atoms with Crippen LogP contribution >= 0.6 is 0 Å². The number of nitrogens with zero attached hydrogens (tertiary/aromatic N) is 3. The molecule has 300 valence electrons. The third-order valence-corrected chi connectivity index (χ3v) is 14.6. The summed E-state index contributed by atoms with van der Waals surface area (Å²) < 4.78 is 0. The van der Waals surface area contributed by atoms with E-state index in [9.17, 15) is 0 Å². The summed E-state index contributed by atoms with van der Waals surface area (Å²) in [4.78, 5) is 18.1. The van der Waals surface area contributed by atoms with E-state index in [1.807, 2.05) is 0 Å². The molecule has 3 aromatic heterocycles. The summed E-state index contributed by atoms with van der Waals surface area (Å²) in [6.45, 7) is 0. The monoisotopic (exact) mass is 815 g/mol. The number of hydrogen-bond donors (Lipinski definition) is 0. The van der Waals surface area contributed by atoms with Crippen LogP contribution in [0.2, 0.25) is 0 Å². The molecule has 6 heterocycles. The maximum absolute atomic E-state index is 6.04. The van der Waals surface area contributed by atoms with Crippen LogP contribution in [-0.4, -0.2) is 15.0 Å². The van der Waals surface area contributed by atoms with E-state index < -0.39 is 21.7 Å². The van der Waals surface area contributed by atoms with Crippen LogP contribution in [0.4, 0.5) is 0 Å². The normalized spacial score (nSPS) is 22.0. The van der Waals surface area contributed by atoms with Crippen molar-refractivity contribution in [1.82, 2.24) is 15.0 Å². The summed E-state index contributed by atoms with van der Waals surface area (Å²) in [5.74, 6) is 0. The fourth-order valence-electron chi connectivity index (χ4n) is 11.9. The lowest BCUT2D eigenvalue weighted by Gasteiger charge is -2.45. The second-order valence-electron chi connectivity index (χ2n) is 17.4. The minimum atomic E-state index is -1.07. The van der Waals surface area contributed by atoms with E-state index >= 15 is 0 Å². The Labute approximate surface area is 373 Å². The highest BCUT2D eigenvalue weighted by atomic mass is 14.9. The molecule has 0 atom stereocenters. The zero-order valence-electron chi connectivity index (χ0n) is 35.0. The minimum Gasteiger partial charge on any atom is -0.254 e. The Bertz CT molecular complexity index is 2730. The minimum absolute atomic E-state index is 0.852. The van der Waals surface area contributed by atoms with Gasteiger partial charge in [-0.3, -0.25) is 15.0 Å². The molecule has 0 N–H and O–H groups in total. The van der Waals surface area contributed by atoms with Gasteiger partial charge in [0.1, 0.15) is 5.41 Å². The highest BCUT2D eigenvalue weighted by molar-refractivity contribution is 5.70. The first kappa shape index (κ1) is 36.6. The first-order chi connectivity index (χ1) is 31.7. The molecule has 4 aliphatic rings. The summed E-state index contributed by atoms with van der Waals surface area (Å²) in [6, 6.07) is 91.8. The molecule has 14 rings (SSSR count). The van der Waals surface area contributed by atoms with Crippen molar-refractivity contribution in [3.05, 3.63) is 339 Å². The lowest BCUT2D eigenvalue weighted by molar-refractivity contribution is 0.596. The Kier molecular flexibility index (Phi) is 7.87. The number of benzene rings is 7. The van der Waals surface area contributed by atoms with Gasteiger partial charge < -0.3 is 0 Å². The van der Waals surface area contributed by atoms with Gasteiger partial charge in [0.05, 0.1) is 50.4 Å². The Morgan fingerprint density at radius 3 is 0.609 bits per heavy atom. The van der Waals surface area contributed by atoms with Gasteiger partial charge in [-0.15, -0.1) is 0 Å². The van der Waals surface area contributed by atoms with E-state index in [0.717, 1.165) is 89.8 Å². The van der Waals surface area contributed by atoms with Crippen LogP contribution in [0.15, 0.2) is 249 Å². The molecule has 7 aromatic carbocycles. The van der Waals surface area contributed by atoms with Gasteiger partial charge in [-0.25, -0.2) is 0 Å². The van der Waals surface area contributed by atoms with Gasteiger partial charge >= 0.3 is 0 Å². The predicted octanol–water partition coefficient (Wildman–Crippen LogP) is 12.3. The number of pyridine rings is 3. The molecule has 3 heteroatoms. The van der Waals surface area contributed by atoms with Crippen molar-refractivity contribution in [1.29, 1.82) is 0 Å². The molecule has 3 aliphatic heterocycles. The lowest BCUT2D eigenvalue weighted by Crippen LogP contribution is -2.42. The van der Waals surface area contributed by atoms with Crippen LogP contribution in [0.1, 0.15) is 89.8 Å². The van der Waals surface area contributed by atoms with Gasteiger partial charge in [0.15, 0.2) is 0 Å². The maximum Gasteiger partial charge on any atom is 0.121 e. The largest absolute Gasteiger partial charge is 0.254 e. The molecule has 16 bridgehead atoms. The maximum atomic E-state index is 6.04.